The van der Waals surface area contributed by atoms with Crippen LogP contribution in [0.3, 0.4) is 0 Å². The summed E-state index contributed by atoms with van der Waals surface area (Å²) in [5.41, 5.74) is 1.03. The maximum atomic E-state index is 10.7. The van der Waals surface area contributed by atoms with Crippen molar-refractivity contribution in [2.45, 2.75) is 109 Å². The molecule has 0 heterocycles. The Kier molecular flexibility index (Phi) is 15.9. The summed E-state index contributed by atoms with van der Waals surface area (Å²) >= 11 is 3.50. The number of alkyl halides is 1. The lowest BCUT2D eigenvalue weighted by molar-refractivity contribution is -0.917. The van der Waals surface area contributed by atoms with Gasteiger partial charge in [0, 0.05) is 5.33 Å². The number of likely N-dealkylation sites (N-methyl/N-ethyl adjacent to an activating group) is 1. The molecule has 30 heavy (non-hydrogen) atoms. The van der Waals surface area contributed by atoms with Gasteiger partial charge in [0.05, 0.1) is 20.6 Å². The van der Waals surface area contributed by atoms with Crippen molar-refractivity contribution in [2.24, 2.45) is 0 Å². The normalized spacial score (nSPS) is 14.0. The minimum absolute atomic E-state index is 0.205. The van der Waals surface area contributed by atoms with Crippen molar-refractivity contribution in [3.63, 3.8) is 0 Å². The molecule has 2 atom stereocenters. The highest BCUT2D eigenvalue weighted by Crippen LogP contribution is 2.24. The van der Waals surface area contributed by atoms with Gasteiger partial charge in [-0.25, -0.2) is 0 Å². The Morgan fingerprint density at radius 2 is 1.10 bits per heavy atom. The van der Waals surface area contributed by atoms with E-state index in [0.717, 1.165) is 16.6 Å². The van der Waals surface area contributed by atoms with E-state index < -0.39 is 6.10 Å². The van der Waals surface area contributed by atoms with Crippen molar-refractivity contribution < 1.29 is 9.59 Å². The Balaban J connectivity index is 1.99. The molecule has 174 valence electrons. The van der Waals surface area contributed by atoms with Crippen LogP contribution >= 0.6 is 15.9 Å². The first kappa shape index (κ1) is 27.7. The number of quaternary nitrogens is 1. The molecule has 0 aliphatic heterocycles. The monoisotopic (exact) mass is 482 g/mol. The molecule has 0 aliphatic carbocycles. The zero-order chi connectivity index (χ0) is 22.1. The average Bonchev–Trinajstić information content (AvgIpc) is 2.76. The molecule has 0 amide bonds. The van der Waals surface area contributed by atoms with E-state index in [1.807, 2.05) is 30.3 Å². The fourth-order valence-corrected chi connectivity index (χ4v) is 4.65. The average molecular weight is 484 g/mol. The molecule has 3 heteroatoms. The number of aliphatic hydroxyl groups excluding tert-OH is 1. The van der Waals surface area contributed by atoms with E-state index in [1.165, 1.54) is 95.2 Å². The highest BCUT2D eigenvalue weighted by Gasteiger charge is 2.30. The Morgan fingerprint density at radius 3 is 1.53 bits per heavy atom. The van der Waals surface area contributed by atoms with Crippen LogP contribution in [0, 0.1) is 0 Å². The van der Waals surface area contributed by atoms with Gasteiger partial charge in [0.25, 0.3) is 0 Å². The van der Waals surface area contributed by atoms with Gasteiger partial charge >= 0.3 is 0 Å². The van der Waals surface area contributed by atoms with Gasteiger partial charge in [-0.2, -0.15) is 0 Å². The molecule has 1 N–H and O–H groups in total. The fraction of sp³-hybridized carbons (Fsp3) is 0.778. The highest BCUT2D eigenvalue weighted by molar-refractivity contribution is 9.09. The van der Waals surface area contributed by atoms with Gasteiger partial charge in [-0.3, -0.25) is 0 Å². The van der Waals surface area contributed by atoms with Crippen LogP contribution in [0.4, 0.5) is 0 Å². The largest absolute Gasteiger partial charge is 0.382 e. The van der Waals surface area contributed by atoms with Crippen LogP contribution in [-0.4, -0.2) is 41.6 Å². The molecule has 1 rings (SSSR count). The van der Waals surface area contributed by atoms with Gasteiger partial charge < -0.3 is 9.59 Å². The standard InChI is InChI=1S/C27H49BrNO/c1-25(27(30)26-21-17-16-18-22-26)29(2,3)24-20-15-13-11-9-7-5-4-6-8-10-12-14-19-23-28/h16-18,21-22,25,27,30H,4-15,19-20,23-24H2,1-3H3/q+1/t25-,27-/m0/s1. The molecule has 0 bridgehead atoms. The van der Waals surface area contributed by atoms with Crippen molar-refractivity contribution >= 4 is 15.9 Å². The minimum Gasteiger partial charge on any atom is -0.382 e. The van der Waals surface area contributed by atoms with E-state index in [9.17, 15) is 5.11 Å². The first-order valence-corrected chi connectivity index (χ1v) is 13.7. The van der Waals surface area contributed by atoms with Crippen LogP contribution in [0.1, 0.15) is 108 Å². The SMILES string of the molecule is C[C@@H]([C@H](O)c1ccccc1)[N+](C)(C)CCCCCCCCCCCCCCCCBr. The van der Waals surface area contributed by atoms with E-state index in [2.05, 4.69) is 36.9 Å². The van der Waals surface area contributed by atoms with Crippen molar-refractivity contribution in [2.75, 3.05) is 26.0 Å². The Labute approximate surface area is 196 Å². The predicted octanol–water partition coefficient (Wildman–Crippen LogP) is 8.04. The summed E-state index contributed by atoms with van der Waals surface area (Å²) < 4.78 is 0.881. The lowest BCUT2D eigenvalue weighted by atomic mass is 10.0. The molecule has 0 spiro atoms. The summed E-state index contributed by atoms with van der Waals surface area (Å²) in [6.45, 7) is 3.32. The first-order valence-electron chi connectivity index (χ1n) is 12.6. The second-order valence-corrected chi connectivity index (χ2v) is 10.5. The summed E-state index contributed by atoms with van der Waals surface area (Å²) in [7, 11) is 4.52. The molecular formula is C27H49BrNO+. The second-order valence-electron chi connectivity index (χ2n) is 9.74. The lowest BCUT2D eigenvalue weighted by Crippen LogP contribution is -2.50. The van der Waals surface area contributed by atoms with Crippen LogP contribution in [0.25, 0.3) is 0 Å². The van der Waals surface area contributed by atoms with E-state index in [1.54, 1.807) is 0 Å². The number of unbranched alkanes of at least 4 members (excludes halogenated alkanes) is 13. The predicted molar refractivity (Wildman–Crippen MR) is 136 cm³/mol. The van der Waals surface area contributed by atoms with E-state index in [4.69, 9.17) is 0 Å². The Hall–Kier alpha value is -0.380. The van der Waals surface area contributed by atoms with Crippen molar-refractivity contribution in [3.8, 4) is 0 Å². The summed E-state index contributed by atoms with van der Waals surface area (Å²) in [5, 5.41) is 11.9. The minimum atomic E-state index is -0.393. The van der Waals surface area contributed by atoms with Crippen LogP contribution in [-0.2, 0) is 0 Å². The Bertz CT molecular complexity index is 505. The molecule has 1 aromatic rings. The molecule has 1 aromatic carbocycles. The Morgan fingerprint density at radius 1 is 0.700 bits per heavy atom. The number of aliphatic hydroxyl groups is 1. The molecule has 2 nitrogen and oxygen atoms in total. The topological polar surface area (TPSA) is 20.2 Å². The van der Waals surface area contributed by atoms with Gasteiger partial charge in [-0.05, 0) is 31.7 Å². The molecule has 0 aromatic heterocycles. The number of halogens is 1. The molecule has 0 radical (unpaired) electrons. The summed E-state index contributed by atoms with van der Waals surface area (Å²) in [6, 6.07) is 10.3. The molecule has 0 saturated carbocycles. The number of benzene rings is 1. The lowest BCUT2D eigenvalue weighted by Gasteiger charge is -2.38. The fourth-order valence-electron chi connectivity index (χ4n) is 4.25. The van der Waals surface area contributed by atoms with Crippen molar-refractivity contribution in [3.05, 3.63) is 35.9 Å². The number of rotatable bonds is 19. The molecular weight excluding hydrogens is 434 g/mol. The third-order valence-electron chi connectivity index (χ3n) is 6.82. The quantitative estimate of drug-likeness (QED) is 0.120. The number of hydrogen-bond donors (Lipinski definition) is 1. The van der Waals surface area contributed by atoms with Gasteiger partial charge in [0.1, 0.15) is 12.1 Å². The van der Waals surface area contributed by atoms with Crippen LogP contribution in [0.2, 0.25) is 0 Å². The molecule has 0 saturated heterocycles. The molecule has 0 aliphatic rings. The van der Waals surface area contributed by atoms with Crippen LogP contribution < -0.4 is 0 Å². The summed E-state index contributed by atoms with van der Waals surface area (Å²) in [4.78, 5) is 0. The highest BCUT2D eigenvalue weighted by atomic mass is 79.9. The summed E-state index contributed by atoms with van der Waals surface area (Å²) in [6.07, 6.45) is 19.1. The molecule has 0 fully saturated rings. The zero-order valence-corrected chi connectivity index (χ0v) is 21.7. The smallest absolute Gasteiger partial charge is 0.130 e. The third-order valence-corrected chi connectivity index (χ3v) is 7.38. The maximum Gasteiger partial charge on any atom is 0.130 e. The van der Waals surface area contributed by atoms with E-state index in [0.29, 0.717) is 0 Å². The van der Waals surface area contributed by atoms with E-state index in [-0.39, 0.29) is 6.04 Å². The van der Waals surface area contributed by atoms with Gasteiger partial charge in [0.15, 0.2) is 0 Å². The zero-order valence-electron chi connectivity index (χ0n) is 20.1. The maximum absolute atomic E-state index is 10.7. The van der Waals surface area contributed by atoms with Gasteiger partial charge in [-0.15, -0.1) is 0 Å². The van der Waals surface area contributed by atoms with Crippen molar-refractivity contribution in [1.29, 1.82) is 0 Å². The number of nitrogens with zero attached hydrogens (tertiary/aromatic N) is 1. The van der Waals surface area contributed by atoms with Gasteiger partial charge in [0.2, 0.25) is 0 Å². The van der Waals surface area contributed by atoms with Gasteiger partial charge in [-0.1, -0.05) is 117 Å². The molecule has 0 unspecified atom stereocenters. The van der Waals surface area contributed by atoms with Crippen molar-refractivity contribution in [1.82, 2.24) is 0 Å². The van der Waals surface area contributed by atoms with Crippen LogP contribution in [0.15, 0.2) is 30.3 Å². The van der Waals surface area contributed by atoms with Crippen LogP contribution in [0.5, 0.6) is 0 Å². The summed E-state index contributed by atoms with van der Waals surface area (Å²) in [5.74, 6) is 0. The number of hydrogen-bond acceptors (Lipinski definition) is 1. The van der Waals surface area contributed by atoms with E-state index >= 15 is 0 Å². The first-order chi connectivity index (χ1) is 14.5. The third kappa shape index (κ3) is 12.5. The second kappa shape index (κ2) is 17.2.